The van der Waals surface area contributed by atoms with Gasteiger partial charge in [-0.05, 0) is 31.3 Å². The third kappa shape index (κ3) is 4.40. The van der Waals surface area contributed by atoms with Crippen LogP contribution in [0, 0.1) is 0 Å². The molecule has 0 saturated heterocycles. The Morgan fingerprint density at radius 1 is 1.41 bits per heavy atom. The van der Waals surface area contributed by atoms with Crippen LogP contribution in [0.1, 0.15) is 17.2 Å². The maximum atomic E-state index is 14.0. The van der Waals surface area contributed by atoms with Gasteiger partial charge in [0.1, 0.15) is 30.1 Å². The van der Waals surface area contributed by atoms with E-state index in [1.54, 1.807) is 0 Å². The first kappa shape index (κ1) is 21.1. The van der Waals surface area contributed by atoms with Crippen LogP contribution in [0.3, 0.4) is 0 Å². The van der Waals surface area contributed by atoms with Gasteiger partial charge in [-0.25, -0.2) is 30.7 Å². The van der Waals surface area contributed by atoms with Crippen molar-refractivity contribution in [3.8, 4) is 5.75 Å². The molecule has 0 fully saturated rings. The molecule has 0 spiro atoms. The largest absolute Gasteiger partial charge is 0.489 e. The Morgan fingerprint density at radius 2 is 2.07 bits per heavy atom. The molecule has 5 nitrogen and oxygen atoms in total. The number of aliphatic hydroxyl groups is 1. The van der Waals surface area contributed by atoms with E-state index in [9.17, 15) is 31.1 Å². The molecule has 27 heavy (non-hydrogen) atoms. The van der Waals surface area contributed by atoms with Gasteiger partial charge in [-0.1, -0.05) is 6.58 Å². The van der Waals surface area contributed by atoms with E-state index in [1.807, 2.05) is 4.72 Å². The highest BCUT2D eigenvalue weighted by Crippen LogP contribution is 2.48. The molecule has 1 aliphatic carbocycles. The second-order valence-electron chi connectivity index (χ2n) is 5.64. The zero-order chi connectivity index (χ0) is 20.4. The SMILES string of the molecule is C=C/C(F)=C\C(F)=C/COc1ccc(S(=O)(=O)NC)c2c1CC(F)(F)[C@H]2O. The normalized spacial score (nSPS) is 19.7. The van der Waals surface area contributed by atoms with Crippen molar-refractivity contribution in [1.29, 1.82) is 0 Å². The molecule has 0 amide bonds. The van der Waals surface area contributed by atoms with Crippen LogP contribution in [-0.4, -0.2) is 33.1 Å². The monoisotopic (exact) mass is 407 g/mol. The molecule has 0 unspecified atom stereocenters. The van der Waals surface area contributed by atoms with Gasteiger partial charge in [0, 0.05) is 23.6 Å². The summed E-state index contributed by atoms with van der Waals surface area (Å²) in [6, 6.07) is 2.16. The lowest BCUT2D eigenvalue weighted by Gasteiger charge is -2.16. The summed E-state index contributed by atoms with van der Waals surface area (Å²) in [6.07, 6.45) is -1.06. The van der Waals surface area contributed by atoms with Crippen LogP contribution in [0.5, 0.6) is 5.75 Å². The van der Waals surface area contributed by atoms with Crippen LogP contribution >= 0.6 is 0 Å². The van der Waals surface area contributed by atoms with E-state index >= 15 is 0 Å². The van der Waals surface area contributed by atoms with Crippen LogP contribution in [0.2, 0.25) is 0 Å². The van der Waals surface area contributed by atoms with Crippen LogP contribution in [0.4, 0.5) is 17.6 Å². The summed E-state index contributed by atoms with van der Waals surface area (Å²) >= 11 is 0. The summed E-state index contributed by atoms with van der Waals surface area (Å²) in [7, 11) is -3.00. The molecule has 1 aliphatic rings. The van der Waals surface area contributed by atoms with Crippen molar-refractivity contribution in [2.45, 2.75) is 23.3 Å². The molecular formula is C17H17F4NO4S. The van der Waals surface area contributed by atoms with Crippen molar-refractivity contribution in [1.82, 2.24) is 4.72 Å². The van der Waals surface area contributed by atoms with Crippen molar-refractivity contribution >= 4 is 10.0 Å². The number of nitrogens with one attached hydrogen (secondary N) is 1. The maximum Gasteiger partial charge on any atom is 0.281 e. The summed E-state index contributed by atoms with van der Waals surface area (Å²) in [5, 5.41) is 9.88. The van der Waals surface area contributed by atoms with Gasteiger partial charge < -0.3 is 9.84 Å². The summed E-state index contributed by atoms with van der Waals surface area (Å²) in [5.41, 5.74) is -0.653. The quantitative estimate of drug-likeness (QED) is 0.538. The van der Waals surface area contributed by atoms with Gasteiger partial charge in [-0.3, -0.25) is 0 Å². The number of halogens is 4. The molecule has 0 saturated carbocycles. The number of aliphatic hydroxyl groups excluding tert-OH is 1. The number of allylic oxidation sites excluding steroid dienone is 4. The van der Waals surface area contributed by atoms with Gasteiger partial charge in [0.15, 0.2) is 0 Å². The van der Waals surface area contributed by atoms with Crippen molar-refractivity contribution in [3.05, 3.63) is 59.7 Å². The molecule has 10 heteroatoms. The first-order valence-electron chi connectivity index (χ1n) is 7.66. The van der Waals surface area contributed by atoms with Crippen molar-refractivity contribution < 1.29 is 35.8 Å². The topological polar surface area (TPSA) is 75.6 Å². The zero-order valence-electron chi connectivity index (χ0n) is 14.2. The average molecular weight is 407 g/mol. The highest BCUT2D eigenvalue weighted by Gasteiger charge is 2.50. The van der Waals surface area contributed by atoms with Gasteiger partial charge >= 0.3 is 0 Å². The lowest BCUT2D eigenvalue weighted by atomic mass is 10.1. The molecule has 1 aromatic carbocycles. The minimum atomic E-state index is -4.10. The summed E-state index contributed by atoms with van der Waals surface area (Å²) in [6.45, 7) is 2.69. The van der Waals surface area contributed by atoms with E-state index in [2.05, 4.69) is 6.58 Å². The predicted molar refractivity (Wildman–Crippen MR) is 90.4 cm³/mol. The lowest BCUT2D eigenvalue weighted by Crippen LogP contribution is -2.24. The number of sulfonamides is 1. The zero-order valence-corrected chi connectivity index (χ0v) is 15.0. The third-order valence-electron chi connectivity index (χ3n) is 3.91. The molecular weight excluding hydrogens is 390 g/mol. The molecule has 0 bridgehead atoms. The number of hydrogen-bond acceptors (Lipinski definition) is 4. The molecule has 2 N–H and O–H groups in total. The Morgan fingerprint density at radius 3 is 2.67 bits per heavy atom. The highest BCUT2D eigenvalue weighted by atomic mass is 32.2. The number of hydrogen-bond donors (Lipinski definition) is 2. The highest BCUT2D eigenvalue weighted by molar-refractivity contribution is 7.89. The Bertz CT molecular complexity index is 910. The van der Waals surface area contributed by atoms with Gasteiger partial charge in [0.05, 0.1) is 4.90 Å². The standard InChI is InChI=1S/C17H17F4NO4S/c1-3-10(18)8-11(19)6-7-26-13-4-5-14(27(24,25)22-2)15-12(13)9-17(20,21)16(15)23/h3-6,8,16,22-23H,1,7,9H2,2H3/b10-8+,11-6+/t16-/m0/s1. The summed E-state index contributed by atoms with van der Waals surface area (Å²) in [4.78, 5) is -0.491. The lowest BCUT2D eigenvalue weighted by molar-refractivity contribution is -0.0976. The minimum Gasteiger partial charge on any atom is -0.489 e. The molecule has 1 atom stereocenters. The number of ether oxygens (including phenoxy) is 1. The van der Waals surface area contributed by atoms with Crippen molar-refractivity contribution in [2.24, 2.45) is 0 Å². The minimum absolute atomic E-state index is 0.131. The Balaban J connectivity index is 2.39. The number of fused-ring (bicyclic) bond motifs is 1. The number of alkyl halides is 2. The van der Waals surface area contributed by atoms with E-state index in [0.717, 1.165) is 31.3 Å². The van der Waals surface area contributed by atoms with E-state index in [1.165, 1.54) is 0 Å². The molecule has 2 rings (SSSR count). The molecule has 0 heterocycles. The molecule has 0 aliphatic heterocycles. The van der Waals surface area contributed by atoms with Crippen molar-refractivity contribution in [3.63, 3.8) is 0 Å². The molecule has 0 aromatic heterocycles. The predicted octanol–water partition coefficient (Wildman–Crippen LogP) is 3.09. The first-order chi connectivity index (χ1) is 12.5. The van der Waals surface area contributed by atoms with Gasteiger partial charge in [0.25, 0.3) is 5.92 Å². The molecule has 1 aromatic rings. The van der Waals surface area contributed by atoms with Crippen molar-refractivity contribution in [2.75, 3.05) is 13.7 Å². The smallest absolute Gasteiger partial charge is 0.281 e. The van der Waals surface area contributed by atoms with Crippen LogP contribution in [0.15, 0.2) is 53.5 Å². The second-order valence-corrected chi connectivity index (χ2v) is 7.49. The Labute approximate surface area is 153 Å². The van der Waals surface area contributed by atoms with Crippen LogP contribution in [0.25, 0.3) is 0 Å². The fraction of sp³-hybridized carbons (Fsp3) is 0.294. The molecule has 148 valence electrons. The maximum absolute atomic E-state index is 14.0. The van der Waals surface area contributed by atoms with Crippen LogP contribution < -0.4 is 9.46 Å². The number of benzene rings is 1. The van der Waals surface area contributed by atoms with Gasteiger partial charge in [0.2, 0.25) is 10.0 Å². The van der Waals surface area contributed by atoms with E-state index < -0.39 is 57.2 Å². The fourth-order valence-electron chi connectivity index (χ4n) is 2.59. The first-order valence-corrected chi connectivity index (χ1v) is 9.15. The Kier molecular flexibility index (Phi) is 6.13. The van der Waals surface area contributed by atoms with Crippen LogP contribution in [-0.2, 0) is 16.4 Å². The summed E-state index contributed by atoms with van der Waals surface area (Å²) in [5.74, 6) is -5.59. The number of rotatable bonds is 7. The van der Waals surface area contributed by atoms with E-state index in [-0.39, 0.29) is 11.3 Å². The van der Waals surface area contributed by atoms with Gasteiger partial charge in [-0.2, -0.15) is 0 Å². The van der Waals surface area contributed by atoms with E-state index in [0.29, 0.717) is 6.08 Å². The average Bonchev–Trinajstić information content (AvgIpc) is 2.85. The van der Waals surface area contributed by atoms with Gasteiger partial charge in [-0.15, -0.1) is 0 Å². The second kappa shape index (κ2) is 7.83. The molecule has 0 radical (unpaired) electrons. The Hall–Kier alpha value is -2.17. The van der Waals surface area contributed by atoms with E-state index in [4.69, 9.17) is 4.74 Å². The third-order valence-corrected chi connectivity index (χ3v) is 5.38. The fourth-order valence-corrected chi connectivity index (χ4v) is 3.58. The summed E-state index contributed by atoms with van der Waals surface area (Å²) < 4.78 is 85.6.